The van der Waals surface area contributed by atoms with Crippen LogP contribution in [0.4, 0.5) is 20.2 Å². The number of hydrogen-bond acceptors (Lipinski definition) is 4. The van der Waals surface area contributed by atoms with E-state index < -0.39 is 16.6 Å². The van der Waals surface area contributed by atoms with Gasteiger partial charge in [-0.05, 0) is 29.8 Å². The molecule has 1 N–H and O–H groups in total. The predicted molar refractivity (Wildman–Crippen MR) is 71.5 cm³/mol. The first-order valence-corrected chi connectivity index (χ1v) is 5.87. The number of nitro groups is 1. The van der Waals surface area contributed by atoms with Crippen LogP contribution in [0, 0.1) is 33.1 Å². The Balaban J connectivity index is 2.17. The SMILES string of the molecule is N#Cc1ccc(NCc2ccc(F)c(F)c2)cc1[N+](=O)[O-]. The first-order chi connectivity index (χ1) is 10.0. The molecular weight excluding hydrogens is 280 g/mol. The van der Waals surface area contributed by atoms with E-state index >= 15 is 0 Å². The van der Waals surface area contributed by atoms with Gasteiger partial charge in [0.1, 0.15) is 11.6 Å². The number of nitrogens with zero attached hydrogens (tertiary/aromatic N) is 2. The van der Waals surface area contributed by atoms with E-state index in [9.17, 15) is 18.9 Å². The van der Waals surface area contributed by atoms with Gasteiger partial charge in [-0.2, -0.15) is 5.26 Å². The molecule has 2 rings (SSSR count). The third kappa shape index (κ3) is 3.30. The maximum absolute atomic E-state index is 13.0. The van der Waals surface area contributed by atoms with Crippen LogP contribution in [0.15, 0.2) is 36.4 Å². The van der Waals surface area contributed by atoms with Crippen LogP contribution < -0.4 is 5.32 Å². The number of benzene rings is 2. The van der Waals surface area contributed by atoms with Gasteiger partial charge in [0, 0.05) is 18.3 Å². The van der Waals surface area contributed by atoms with E-state index in [4.69, 9.17) is 5.26 Å². The van der Waals surface area contributed by atoms with Crippen molar-refractivity contribution in [1.82, 2.24) is 0 Å². The summed E-state index contributed by atoms with van der Waals surface area (Å²) in [4.78, 5) is 10.2. The summed E-state index contributed by atoms with van der Waals surface area (Å²) in [5, 5.41) is 22.4. The zero-order chi connectivity index (χ0) is 15.4. The van der Waals surface area contributed by atoms with E-state index in [1.807, 2.05) is 0 Å². The second kappa shape index (κ2) is 5.96. The molecule has 0 atom stereocenters. The Morgan fingerprint density at radius 1 is 1.19 bits per heavy atom. The van der Waals surface area contributed by atoms with Gasteiger partial charge in [0.15, 0.2) is 11.6 Å². The van der Waals surface area contributed by atoms with E-state index in [1.54, 1.807) is 6.07 Å². The maximum Gasteiger partial charge on any atom is 0.289 e. The predicted octanol–water partition coefficient (Wildman–Crippen LogP) is 3.36. The molecule has 0 aliphatic heterocycles. The Kier molecular flexibility index (Phi) is 4.09. The number of anilines is 1. The molecular formula is C14H9F2N3O2. The first-order valence-electron chi connectivity index (χ1n) is 5.87. The molecule has 0 saturated heterocycles. The van der Waals surface area contributed by atoms with Crippen LogP contribution >= 0.6 is 0 Å². The Hall–Kier alpha value is -3.01. The van der Waals surface area contributed by atoms with Crippen LogP contribution in [-0.2, 0) is 6.54 Å². The smallest absolute Gasteiger partial charge is 0.289 e. The molecule has 0 aromatic heterocycles. The summed E-state index contributed by atoms with van der Waals surface area (Å²) in [5.74, 6) is -1.90. The molecule has 2 aromatic rings. The first kappa shape index (κ1) is 14.4. The van der Waals surface area contributed by atoms with Crippen molar-refractivity contribution in [2.45, 2.75) is 6.54 Å². The summed E-state index contributed by atoms with van der Waals surface area (Å²) >= 11 is 0. The lowest BCUT2D eigenvalue weighted by Gasteiger charge is -2.07. The van der Waals surface area contributed by atoms with Gasteiger partial charge in [0.2, 0.25) is 0 Å². The molecule has 2 aromatic carbocycles. The highest BCUT2D eigenvalue weighted by Gasteiger charge is 2.14. The highest BCUT2D eigenvalue weighted by atomic mass is 19.2. The number of nitriles is 1. The molecule has 0 saturated carbocycles. The Morgan fingerprint density at radius 3 is 2.57 bits per heavy atom. The molecule has 0 radical (unpaired) electrons. The fourth-order valence-electron chi connectivity index (χ4n) is 1.74. The summed E-state index contributed by atoms with van der Waals surface area (Å²) in [7, 11) is 0. The van der Waals surface area contributed by atoms with Gasteiger partial charge >= 0.3 is 0 Å². The van der Waals surface area contributed by atoms with Crippen LogP contribution in [0.5, 0.6) is 0 Å². The average Bonchev–Trinajstić information content (AvgIpc) is 2.48. The summed E-state index contributed by atoms with van der Waals surface area (Å²) in [6, 6.07) is 9.24. The Morgan fingerprint density at radius 2 is 1.95 bits per heavy atom. The largest absolute Gasteiger partial charge is 0.381 e. The molecule has 5 nitrogen and oxygen atoms in total. The van der Waals surface area contributed by atoms with Gasteiger partial charge in [0.05, 0.1) is 4.92 Å². The average molecular weight is 289 g/mol. The molecule has 0 aliphatic carbocycles. The van der Waals surface area contributed by atoms with Gasteiger partial charge in [0.25, 0.3) is 5.69 Å². The van der Waals surface area contributed by atoms with Gasteiger partial charge in [-0.3, -0.25) is 10.1 Å². The molecule has 0 fully saturated rings. The molecule has 0 unspecified atom stereocenters. The summed E-state index contributed by atoms with van der Waals surface area (Å²) in [6.45, 7) is 0.167. The van der Waals surface area contributed by atoms with Gasteiger partial charge < -0.3 is 5.32 Å². The monoisotopic (exact) mass is 289 g/mol. The number of nitrogens with one attached hydrogen (secondary N) is 1. The van der Waals surface area contributed by atoms with Gasteiger partial charge in [-0.25, -0.2) is 8.78 Å². The minimum absolute atomic E-state index is 0.0432. The molecule has 0 bridgehead atoms. The van der Waals surface area contributed by atoms with Crippen molar-refractivity contribution >= 4 is 11.4 Å². The molecule has 0 heterocycles. The minimum Gasteiger partial charge on any atom is -0.381 e. The lowest BCUT2D eigenvalue weighted by atomic mass is 10.1. The second-order valence-electron chi connectivity index (χ2n) is 4.20. The fourth-order valence-corrected chi connectivity index (χ4v) is 1.74. The summed E-state index contributed by atoms with van der Waals surface area (Å²) in [5.41, 5.74) is 0.539. The van der Waals surface area contributed by atoms with E-state index in [0.29, 0.717) is 11.3 Å². The number of nitro benzene ring substituents is 1. The second-order valence-corrected chi connectivity index (χ2v) is 4.20. The highest BCUT2D eigenvalue weighted by Crippen LogP contribution is 2.23. The number of hydrogen-bond donors (Lipinski definition) is 1. The summed E-state index contributed by atoms with van der Waals surface area (Å²) < 4.78 is 25.8. The fraction of sp³-hybridized carbons (Fsp3) is 0.0714. The Labute approximate surface area is 118 Å². The van der Waals surface area contributed by atoms with Crippen LogP contribution in [0.1, 0.15) is 11.1 Å². The van der Waals surface area contributed by atoms with Crippen molar-refractivity contribution in [1.29, 1.82) is 5.26 Å². The number of halogens is 2. The third-order valence-electron chi connectivity index (χ3n) is 2.80. The standard InChI is InChI=1S/C14H9F2N3O2/c15-12-4-1-9(5-13(12)16)8-18-11-3-2-10(7-17)14(6-11)19(20)21/h1-6,18H,8H2. The lowest BCUT2D eigenvalue weighted by Crippen LogP contribution is -2.02. The molecule has 21 heavy (non-hydrogen) atoms. The van der Waals surface area contributed by atoms with E-state index in [2.05, 4.69) is 5.32 Å². The van der Waals surface area contributed by atoms with Crippen molar-refractivity contribution in [3.05, 3.63) is 69.3 Å². The van der Waals surface area contributed by atoms with Crippen molar-refractivity contribution < 1.29 is 13.7 Å². The van der Waals surface area contributed by atoms with E-state index in [0.717, 1.165) is 12.1 Å². The van der Waals surface area contributed by atoms with Gasteiger partial charge in [-0.1, -0.05) is 6.07 Å². The molecule has 7 heteroatoms. The number of rotatable bonds is 4. The topological polar surface area (TPSA) is 79.0 Å². The zero-order valence-corrected chi connectivity index (χ0v) is 10.6. The van der Waals surface area contributed by atoms with Crippen molar-refractivity contribution in [3.63, 3.8) is 0 Å². The van der Waals surface area contributed by atoms with E-state index in [-0.39, 0.29) is 17.8 Å². The summed E-state index contributed by atoms with van der Waals surface area (Å²) in [6.07, 6.45) is 0. The normalized spacial score (nSPS) is 9.95. The molecule has 0 aliphatic rings. The lowest BCUT2D eigenvalue weighted by molar-refractivity contribution is -0.385. The van der Waals surface area contributed by atoms with Gasteiger partial charge in [-0.15, -0.1) is 0 Å². The quantitative estimate of drug-likeness (QED) is 0.691. The minimum atomic E-state index is -0.958. The van der Waals surface area contributed by atoms with Crippen LogP contribution in [-0.4, -0.2) is 4.92 Å². The molecule has 0 amide bonds. The van der Waals surface area contributed by atoms with Crippen LogP contribution in [0.3, 0.4) is 0 Å². The van der Waals surface area contributed by atoms with Crippen LogP contribution in [0.2, 0.25) is 0 Å². The zero-order valence-electron chi connectivity index (χ0n) is 10.6. The maximum atomic E-state index is 13.0. The highest BCUT2D eigenvalue weighted by molar-refractivity contribution is 5.59. The van der Waals surface area contributed by atoms with Crippen molar-refractivity contribution in [3.8, 4) is 6.07 Å². The molecule has 106 valence electrons. The molecule has 0 spiro atoms. The van der Waals surface area contributed by atoms with Crippen LogP contribution in [0.25, 0.3) is 0 Å². The van der Waals surface area contributed by atoms with Crippen molar-refractivity contribution in [2.24, 2.45) is 0 Å². The van der Waals surface area contributed by atoms with Crippen molar-refractivity contribution in [2.75, 3.05) is 5.32 Å². The third-order valence-corrected chi connectivity index (χ3v) is 2.80. The Bertz CT molecular complexity index is 741. The van der Waals surface area contributed by atoms with E-state index in [1.165, 1.54) is 24.3 Å².